The van der Waals surface area contributed by atoms with Crippen LogP contribution in [0.25, 0.3) is 10.9 Å². The van der Waals surface area contributed by atoms with E-state index in [0.29, 0.717) is 0 Å². The first kappa shape index (κ1) is 13.4. The van der Waals surface area contributed by atoms with E-state index in [9.17, 15) is 0 Å². The van der Waals surface area contributed by atoms with Crippen LogP contribution in [0.4, 0.5) is 5.69 Å². The molecule has 1 N–H and O–H groups in total. The van der Waals surface area contributed by atoms with E-state index in [1.165, 1.54) is 5.56 Å². The predicted octanol–water partition coefficient (Wildman–Crippen LogP) is 4.42. The number of methoxy groups -OCH3 is 1. The average Bonchev–Trinajstić information content (AvgIpc) is 2.55. The Bertz CT molecular complexity index is 738. The van der Waals surface area contributed by atoms with Gasteiger partial charge in [0.05, 0.1) is 24.5 Å². The standard InChI is InChI=1S/C18H18N2O/c1-13(14-7-9-17(21-2)10-8-14)20-16-11-15-5-3-4-6-18(15)19-12-16/h3-13,20H,1-2H3. The molecule has 3 heteroatoms. The van der Waals surface area contributed by atoms with Crippen LogP contribution in [0.3, 0.4) is 0 Å². The topological polar surface area (TPSA) is 34.1 Å². The molecule has 2 aromatic carbocycles. The number of rotatable bonds is 4. The van der Waals surface area contributed by atoms with E-state index >= 15 is 0 Å². The van der Waals surface area contributed by atoms with Gasteiger partial charge in [0.25, 0.3) is 0 Å². The zero-order valence-corrected chi connectivity index (χ0v) is 12.2. The highest BCUT2D eigenvalue weighted by molar-refractivity contribution is 5.81. The van der Waals surface area contributed by atoms with Crippen molar-refractivity contribution in [3.05, 3.63) is 66.4 Å². The maximum atomic E-state index is 5.18. The van der Waals surface area contributed by atoms with Gasteiger partial charge in [-0.15, -0.1) is 0 Å². The molecule has 0 saturated heterocycles. The number of nitrogens with zero attached hydrogens (tertiary/aromatic N) is 1. The highest BCUT2D eigenvalue weighted by Gasteiger charge is 2.06. The number of benzene rings is 2. The van der Waals surface area contributed by atoms with Gasteiger partial charge in [-0.1, -0.05) is 30.3 Å². The number of nitrogens with one attached hydrogen (secondary N) is 1. The third-order valence-corrected chi connectivity index (χ3v) is 3.59. The number of fused-ring (bicyclic) bond motifs is 1. The van der Waals surface area contributed by atoms with Gasteiger partial charge in [-0.2, -0.15) is 0 Å². The summed E-state index contributed by atoms with van der Waals surface area (Å²) < 4.78 is 5.18. The Morgan fingerprint density at radius 3 is 2.57 bits per heavy atom. The summed E-state index contributed by atoms with van der Waals surface area (Å²) >= 11 is 0. The number of pyridine rings is 1. The molecule has 3 nitrogen and oxygen atoms in total. The zero-order chi connectivity index (χ0) is 14.7. The summed E-state index contributed by atoms with van der Waals surface area (Å²) in [6.07, 6.45) is 1.88. The largest absolute Gasteiger partial charge is 0.497 e. The van der Waals surface area contributed by atoms with Crippen molar-refractivity contribution in [1.29, 1.82) is 0 Å². The fourth-order valence-corrected chi connectivity index (χ4v) is 2.38. The lowest BCUT2D eigenvalue weighted by atomic mass is 10.1. The van der Waals surface area contributed by atoms with Crippen molar-refractivity contribution < 1.29 is 4.74 Å². The van der Waals surface area contributed by atoms with Gasteiger partial charge in [-0.3, -0.25) is 4.98 Å². The highest BCUT2D eigenvalue weighted by atomic mass is 16.5. The second-order valence-corrected chi connectivity index (χ2v) is 5.06. The first-order valence-corrected chi connectivity index (χ1v) is 7.01. The summed E-state index contributed by atoms with van der Waals surface area (Å²) in [6, 6.07) is 18.6. The molecule has 1 atom stereocenters. The number of para-hydroxylation sites is 1. The van der Waals surface area contributed by atoms with Gasteiger partial charge < -0.3 is 10.1 Å². The van der Waals surface area contributed by atoms with Crippen LogP contribution < -0.4 is 10.1 Å². The number of hydrogen-bond donors (Lipinski definition) is 1. The summed E-state index contributed by atoms with van der Waals surface area (Å²) in [5.41, 5.74) is 3.25. The molecule has 0 amide bonds. The smallest absolute Gasteiger partial charge is 0.118 e. The average molecular weight is 278 g/mol. The molecule has 0 aliphatic rings. The molecule has 0 aliphatic heterocycles. The van der Waals surface area contributed by atoms with Crippen LogP contribution in [0.5, 0.6) is 5.75 Å². The number of aromatic nitrogens is 1. The quantitative estimate of drug-likeness (QED) is 0.767. The zero-order valence-electron chi connectivity index (χ0n) is 12.2. The van der Waals surface area contributed by atoms with Crippen LogP contribution in [0, 0.1) is 0 Å². The monoisotopic (exact) mass is 278 g/mol. The van der Waals surface area contributed by atoms with Crippen LogP contribution in [-0.2, 0) is 0 Å². The van der Waals surface area contributed by atoms with Crippen molar-refractivity contribution in [2.24, 2.45) is 0 Å². The summed E-state index contributed by atoms with van der Waals surface area (Å²) in [4.78, 5) is 4.47. The fourth-order valence-electron chi connectivity index (χ4n) is 2.38. The van der Waals surface area contributed by atoms with E-state index in [4.69, 9.17) is 4.74 Å². The molecule has 1 heterocycles. The minimum atomic E-state index is 0.207. The van der Waals surface area contributed by atoms with Crippen molar-refractivity contribution in [3.63, 3.8) is 0 Å². The van der Waals surface area contributed by atoms with Crippen molar-refractivity contribution >= 4 is 16.6 Å². The Morgan fingerprint density at radius 2 is 1.81 bits per heavy atom. The molecular formula is C18H18N2O. The minimum absolute atomic E-state index is 0.207. The molecule has 21 heavy (non-hydrogen) atoms. The van der Waals surface area contributed by atoms with Crippen LogP contribution in [0.15, 0.2) is 60.8 Å². The first-order chi connectivity index (χ1) is 10.3. The van der Waals surface area contributed by atoms with Gasteiger partial charge >= 0.3 is 0 Å². The van der Waals surface area contributed by atoms with Crippen LogP contribution in [0.2, 0.25) is 0 Å². The summed E-state index contributed by atoms with van der Waals surface area (Å²) in [5, 5.41) is 4.63. The van der Waals surface area contributed by atoms with E-state index in [1.807, 2.05) is 36.5 Å². The Kier molecular flexibility index (Phi) is 3.73. The lowest BCUT2D eigenvalue weighted by Crippen LogP contribution is -2.06. The molecule has 0 fully saturated rings. The predicted molar refractivity (Wildman–Crippen MR) is 86.8 cm³/mol. The van der Waals surface area contributed by atoms with Gasteiger partial charge in [0.15, 0.2) is 0 Å². The summed E-state index contributed by atoms with van der Waals surface area (Å²) in [5.74, 6) is 0.873. The molecule has 0 bridgehead atoms. The Hall–Kier alpha value is -2.55. The normalized spacial score (nSPS) is 12.1. The van der Waals surface area contributed by atoms with Crippen molar-refractivity contribution in [2.75, 3.05) is 12.4 Å². The maximum absolute atomic E-state index is 5.18. The van der Waals surface area contributed by atoms with Gasteiger partial charge in [0, 0.05) is 11.4 Å². The lowest BCUT2D eigenvalue weighted by Gasteiger charge is -2.16. The third kappa shape index (κ3) is 2.97. The van der Waals surface area contributed by atoms with Crippen molar-refractivity contribution in [1.82, 2.24) is 4.98 Å². The molecule has 1 aromatic heterocycles. The Balaban J connectivity index is 1.79. The van der Waals surface area contributed by atoms with E-state index in [-0.39, 0.29) is 6.04 Å². The summed E-state index contributed by atoms with van der Waals surface area (Å²) in [6.45, 7) is 2.14. The molecule has 1 unspecified atom stereocenters. The second-order valence-electron chi connectivity index (χ2n) is 5.06. The maximum Gasteiger partial charge on any atom is 0.118 e. The van der Waals surface area contributed by atoms with E-state index in [2.05, 4.69) is 41.5 Å². The molecule has 0 spiro atoms. The lowest BCUT2D eigenvalue weighted by molar-refractivity contribution is 0.414. The highest BCUT2D eigenvalue weighted by Crippen LogP contribution is 2.23. The van der Waals surface area contributed by atoms with Gasteiger partial charge in [0.1, 0.15) is 5.75 Å². The van der Waals surface area contributed by atoms with E-state index < -0.39 is 0 Å². The van der Waals surface area contributed by atoms with E-state index in [0.717, 1.165) is 22.3 Å². The van der Waals surface area contributed by atoms with E-state index in [1.54, 1.807) is 7.11 Å². The van der Waals surface area contributed by atoms with Crippen molar-refractivity contribution in [3.8, 4) is 5.75 Å². The molecular weight excluding hydrogens is 260 g/mol. The summed E-state index contributed by atoms with van der Waals surface area (Å²) in [7, 11) is 1.68. The second kappa shape index (κ2) is 5.83. The van der Waals surface area contributed by atoms with Crippen LogP contribution in [0.1, 0.15) is 18.5 Å². The van der Waals surface area contributed by atoms with Crippen LogP contribution in [-0.4, -0.2) is 12.1 Å². The number of ether oxygens (including phenoxy) is 1. The molecule has 3 rings (SSSR count). The first-order valence-electron chi connectivity index (χ1n) is 7.01. The minimum Gasteiger partial charge on any atom is -0.497 e. The van der Waals surface area contributed by atoms with Gasteiger partial charge in [0.2, 0.25) is 0 Å². The molecule has 0 radical (unpaired) electrons. The number of anilines is 1. The molecule has 3 aromatic rings. The number of hydrogen-bond acceptors (Lipinski definition) is 3. The van der Waals surface area contributed by atoms with Crippen molar-refractivity contribution in [2.45, 2.75) is 13.0 Å². The Morgan fingerprint density at radius 1 is 1.05 bits per heavy atom. The molecule has 0 saturated carbocycles. The Labute approximate surface area is 124 Å². The molecule has 106 valence electrons. The van der Waals surface area contributed by atoms with Gasteiger partial charge in [-0.05, 0) is 36.8 Å². The SMILES string of the molecule is COc1ccc(C(C)Nc2cnc3ccccc3c2)cc1. The third-order valence-electron chi connectivity index (χ3n) is 3.59. The van der Waals surface area contributed by atoms with Crippen LogP contribution >= 0.6 is 0 Å². The molecule has 0 aliphatic carbocycles. The fraction of sp³-hybridized carbons (Fsp3) is 0.167. The van der Waals surface area contributed by atoms with Gasteiger partial charge in [-0.25, -0.2) is 0 Å².